The lowest BCUT2D eigenvalue weighted by atomic mass is 10.0. The molecule has 0 N–H and O–H groups in total. The second-order valence-electron chi connectivity index (χ2n) is 7.56. The molecule has 1 heterocycles. The van der Waals surface area contributed by atoms with E-state index in [2.05, 4.69) is 115 Å². The van der Waals surface area contributed by atoms with Crippen molar-refractivity contribution in [3.05, 3.63) is 96.1 Å². The van der Waals surface area contributed by atoms with E-state index < -0.39 is 0 Å². The number of nitrogens with zero attached hydrogens (tertiary/aromatic N) is 2. The first-order valence-corrected chi connectivity index (χ1v) is 10.5. The Morgan fingerprint density at radius 3 is 2.07 bits per heavy atom. The third-order valence-electron chi connectivity index (χ3n) is 5.73. The highest BCUT2D eigenvalue weighted by Crippen LogP contribution is 2.25. The highest BCUT2D eigenvalue weighted by Gasteiger charge is 2.21. The van der Waals surface area contributed by atoms with Crippen LogP contribution < -0.4 is 4.57 Å². The molecule has 2 nitrogen and oxygen atoms in total. The van der Waals surface area contributed by atoms with Crippen LogP contribution in [0.5, 0.6) is 0 Å². The number of hydrogen-bond donors (Lipinski definition) is 0. The van der Waals surface area contributed by atoms with Crippen molar-refractivity contribution in [1.82, 2.24) is 4.90 Å². The summed E-state index contributed by atoms with van der Waals surface area (Å²) in [6.45, 7) is 9.81. The van der Waals surface area contributed by atoms with Crippen LogP contribution in [0.1, 0.15) is 32.4 Å². The van der Waals surface area contributed by atoms with E-state index >= 15 is 0 Å². The minimum Gasteiger partial charge on any atom is -0.300 e. The molecule has 4 aromatic rings. The van der Waals surface area contributed by atoms with Gasteiger partial charge in [-0.05, 0) is 49.3 Å². The topological polar surface area (TPSA) is 7.12 Å². The Bertz CT molecular complexity index is 1090. The molecule has 0 aliphatic heterocycles. The molecule has 0 saturated carbocycles. The van der Waals surface area contributed by atoms with Crippen molar-refractivity contribution in [2.24, 2.45) is 0 Å². The summed E-state index contributed by atoms with van der Waals surface area (Å²) in [5.74, 6) is 0. The number of aromatic nitrogens is 1. The van der Waals surface area contributed by atoms with Gasteiger partial charge in [-0.15, -0.1) is 0 Å². The average molecular weight is 398 g/mol. The predicted octanol–water partition coefficient (Wildman–Crippen LogP) is 6.57. The Morgan fingerprint density at radius 1 is 0.767 bits per heavy atom. The van der Waals surface area contributed by atoms with Gasteiger partial charge in [-0.3, -0.25) is 4.90 Å². The van der Waals surface area contributed by atoms with Gasteiger partial charge in [-0.1, -0.05) is 63.7 Å². The van der Waals surface area contributed by atoms with E-state index in [-0.39, 0.29) is 7.43 Å². The summed E-state index contributed by atoms with van der Waals surface area (Å²) in [7, 11) is 0. The molecule has 3 aromatic carbocycles. The molecule has 154 valence electrons. The van der Waals surface area contributed by atoms with Crippen LogP contribution in [0, 0.1) is 6.92 Å². The molecule has 0 radical (unpaired) electrons. The second-order valence-corrected chi connectivity index (χ2v) is 7.56. The number of fused-ring (bicyclic) bond motifs is 1. The van der Waals surface area contributed by atoms with Gasteiger partial charge in [-0.2, -0.15) is 4.57 Å². The number of rotatable bonds is 6. The van der Waals surface area contributed by atoms with Crippen molar-refractivity contribution >= 4 is 10.9 Å². The summed E-state index contributed by atoms with van der Waals surface area (Å²) in [5, 5.41) is 1.29. The molecule has 2 heteroatoms. The highest BCUT2D eigenvalue weighted by molar-refractivity contribution is 5.82. The summed E-state index contributed by atoms with van der Waals surface area (Å²) in [4.78, 5) is 2.44. The molecule has 0 amide bonds. The standard InChI is InChI=1S/C27H29N2.CH4/c1-4-28(5-2)20-22-15-17-23(18-16-22)27-19-21(3)25-13-9-10-14-26(25)29(27)24-11-7-6-8-12-24;/h6-19H,4-5,20H2,1-3H3;1H4/q+1;. The lowest BCUT2D eigenvalue weighted by Gasteiger charge is -2.18. The monoisotopic (exact) mass is 397 g/mol. The lowest BCUT2D eigenvalue weighted by Crippen LogP contribution is -2.34. The van der Waals surface area contributed by atoms with Gasteiger partial charge in [0, 0.05) is 41.8 Å². The Labute approximate surface area is 181 Å². The summed E-state index contributed by atoms with van der Waals surface area (Å²) in [6, 6.07) is 30.7. The van der Waals surface area contributed by atoms with Gasteiger partial charge in [0.25, 0.3) is 0 Å². The van der Waals surface area contributed by atoms with E-state index in [0.29, 0.717) is 0 Å². The van der Waals surface area contributed by atoms with Crippen LogP contribution >= 0.6 is 0 Å². The van der Waals surface area contributed by atoms with Crippen LogP contribution in [0.2, 0.25) is 0 Å². The van der Waals surface area contributed by atoms with Crippen molar-refractivity contribution in [3.63, 3.8) is 0 Å². The van der Waals surface area contributed by atoms with Crippen molar-refractivity contribution in [2.75, 3.05) is 13.1 Å². The molecule has 0 unspecified atom stereocenters. The first kappa shape index (κ1) is 21.7. The van der Waals surface area contributed by atoms with Crippen LogP contribution in [-0.2, 0) is 6.54 Å². The van der Waals surface area contributed by atoms with E-state index in [0.717, 1.165) is 19.6 Å². The van der Waals surface area contributed by atoms with Crippen LogP contribution in [0.3, 0.4) is 0 Å². The first-order chi connectivity index (χ1) is 14.2. The zero-order chi connectivity index (χ0) is 20.2. The van der Waals surface area contributed by atoms with E-state index in [9.17, 15) is 0 Å². The summed E-state index contributed by atoms with van der Waals surface area (Å²) in [5.41, 5.74) is 7.55. The van der Waals surface area contributed by atoms with E-state index in [1.165, 1.54) is 39.0 Å². The van der Waals surface area contributed by atoms with E-state index in [1.807, 2.05) is 0 Å². The Balaban J connectivity index is 0.00000256. The number of pyridine rings is 1. The third kappa shape index (κ3) is 4.29. The summed E-state index contributed by atoms with van der Waals surface area (Å²) >= 11 is 0. The van der Waals surface area contributed by atoms with E-state index in [4.69, 9.17) is 0 Å². The quantitative estimate of drug-likeness (QED) is 0.334. The smallest absolute Gasteiger partial charge is 0.219 e. The van der Waals surface area contributed by atoms with Gasteiger partial charge in [0.2, 0.25) is 16.9 Å². The summed E-state index contributed by atoms with van der Waals surface area (Å²) in [6.07, 6.45) is 0. The SMILES string of the molecule is C.CCN(CC)Cc1ccc(-c2cc(C)c3ccccc3[n+]2-c2ccccc2)cc1. The van der Waals surface area contributed by atoms with Crippen LogP contribution in [-0.4, -0.2) is 18.0 Å². The molecule has 0 bridgehead atoms. The van der Waals surface area contributed by atoms with Crippen molar-refractivity contribution < 1.29 is 4.57 Å². The zero-order valence-electron chi connectivity index (χ0n) is 17.6. The fourth-order valence-electron chi connectivity index (χ4n) is 4.03. The van der Waals surface area contributed by atoms with Gasteiger partial charge in [0.05, 0.1) is 0 Å². The maximum atomic E-state index is 2.44. The Hall–Kier alpha value is -2.97. The van der Waals surface area contributed by atoms with Crippen molar-refractivity contribution in [2.45, 2.75) is 34.7 Å². The van der Waals surface area contributed by atoms with Crippen molar-refractivity contribution in [1.29, 1.82) is 0 Å². The summed E-state index contributed by atoms with van der Waals surface area (Å²) < 4.78 is 2.38. The van der Waals surface area contributed by atoms with E-state index in [1.54, 1.807) is 0 Å². The maximum Gasteiger partial charge on any atom is 0.219 e. The number of hydrogen-bond acceptors (Lipinski definition) is 1. The van der Waals surface area contributed by atoms with Gasteiger partial charge in [-0.25, -0.2) is 0 Å². The van der Waals surface area contributed by atoms with Crippen molar-refractivity contribution in [3.8, 4) is 16.9 Å². The first-order valence-electron chi connectivity index (χ1n) is 10.5. The third-order valence-corrected chi connectivity index (χ3v) is 5.73. The molecular weight excluding hydrogens is 364 g/mol. The molecule has 30 heavy (non-hydrogen) atoms. The second kappa shape index (κ2) is 9.69. The van der Waals surface area contributed by atoms with Gasteiger partial charge < -0.3 is 0 Å². The Kier molecular flexibility index (Phi) is 7.02. The highest BCUT2D eigenvalue weighted by atomic mass is 15.1. The number of aryl methyl sites for hydroxylation is 1. The normalized spacial score (nSPS) is 10.9. The molecule has 1 aromatic heterocycles. The molecule has 0 saturated heterocycles. The fraction of sp³-hybridized carbons (Fsp3) is 0.250. The van der Waals surface area contributed by atoms with Gasteiger partial charge >= 0.3 is 0 Å². The minimum atomic E-state index is 0. The number of benzene rings is 3. The fourth-order valence-corrected chi connectivity index (χ4v) is 4.03. The molecule has 0 aliphatic rings. The molecule has 0 fully saturated rings. The average Bonchev–Trinajstić information content (AvgIpc) is 2.78. The molecule has 0 atom stereocenters. The Morgan fingerprint density at radius 2 is 1.40 bits per heavy atom. The zero-order valence-corrected chi connectivity index (χ0v) is 17.6. The minimum absolute atomic E-state index is 0. The van der Waals surface area contributed by atoms with Gasteiger partial charge in [0.1, 0.15) is 0 Å². The predicted molar refractivity (Wildman–Crippen MR) is 129 cm³/mol. The van der Waals surface area contributed by atoms with Crippen LogP contribution in [0.15, 0.2) is 84.9 Å². The van der Waals surface area contributed by atoms with Crippen LogP contribution in [0.4, 0.5) is 0 Å². The molecule has 0 spiro atoms. The maximum absolute atomic E-state index is 2.44. The number of para-hydroxylation sites is 2. The largest absolute Gasteiger partial charge is 0.300 e. The van der Waals surface area contributed by atoms with Crippen LogP contribution in [0.25, 0.3) is 27.8 Å². The molecular formula is C28H33N2+. The van der Waals surface area contributed by atoms with Gasteiger partial charge in [0.15, 0.2) is 0 Å². The molecule has 0 aliphatic carbocycles. The molecule has 4 rings (SSSR count). The lowest BCUT2D eigenvalue weighted by molar-refractivity contribution is -0.555.